The van der Waals surface area contributed by atoms with Gasteiger partial charge in [0.2, 0.25) is 0 Å². The molecule has 0 saturated heterocycles. The minimum absolute atomic E-state index is 0.562. The molecule has 0 aliphatic heterocycles. The van der Waals surface area contributed by atoms with E-state index in [1.807, 2.05) is 0 Å². The first-order valence-corrected chi connectivity index (χ1v) is 9.87. The average Bonchev–Trinajstić information content (AvgIpc) is 2.50. The van der Waals surface area contributed by atoms with Gasteiger partial charge in [0, 0.05) is 24.1 Å². The van der Waals surface area contributed by atoms with Crippen LogP contribution < -0.4 is 0 Å². The minimum atomic E-state index is -6.22. The van der Waals surface area contributed by atoms with Crippen LogP contribution in [-0.2, 0) is 29.2 Å². The fourth-order valence-electron chi connectivity index (χ4n) is 2.29. The molecule has 0 aromatic rings. The molecule has 0 fully saturated rings. The van der Waals surface area contributed by atoms with E-state index in [4.69, 9.17) is 0 Å². The van der Waals surface area contributed by atoms with Gasteiger partial charge in [-0.1, -0.05) is 6.58 Å². The SMILES string of the molecule is C=C(C)C(=O)OC(OCCC(F)(F)S(=O)(=O)[O-])(C(=O)N(C(C)C)C(C)C)C(F)(F)F. The largest absolute Gasteiger partial charge is 0.743 e. The molecule has 0 aromatic carbocycles. The van der Waals surface area contributed by atoms with Crippen molar-refractivity contribution in [3.63, 3.8) is 0 Å². The summed E-state index contributed by atoms with van der Waals surface area (Å²) in [6, 6.07) is -1.73. The lowest BCUT2D eigenvalue weighted by Crippen LogP contribution is -2.64. The summed E-state index contributed by atoms with van der Waals surface area (Å²) < 4.78 is 109. The van der Waals surface area contributed by atoms with Crippen molar-refractivity contribution in [1.82, 2.24) is 4.90 Å². The van der Waals surface area contributed by atoms with E-state index in [-0.39, 0.29) is 0 Å². The molecule has 0 bridgehead atoms. The summed E-state index contributed by atoms with van der Waals surface area (Å²) in [6.07, 6.45) is -7.78. The zero-order valence-electron chi connectivity index (χ0n) is 16.9. The Morgan fingerprint density at radius 3 is 1.80 bits per heavy atom. The highest BCUT2D eigenvalue weighted by molar-refractivity contribution is 7.86. The Morgan fingerprint density at radius 1 is 1.07 bits per heavy atom. The number of alkyl halides is 5. The Kier molecular flexibility index (Phi) is 8.98. The molecule has 0 aliphatic rings. The van der Waals surface area contributed by atoms with Gasteiger partial charge in [-0.3, -0.25) is 4.79 Å². The fourth-order valence-corrected chi connectivity index (χ4v) is 2.62. The van der Waals surface area contributed by atoms with Gasteiger partial charge in [-0.25, -0.2) is 13.2 Å². The van der Waals surface area contributed by atoms with E-state index < -0.39 is 69.9 Å². The minimum Gasteiger partial charge on any atom is -0.743 e. The highest BCUT2D eigenvalue weighted by atomic mass is 32.2. The Balaban J connectivity index is 6.36. The van der Waals surface area contributed by atoms with E-state index in [9.17, 15) is 44.5 Å². The summed E-state index contributed by atoms with van der Waals surface area (Å²) in [4.78, 5) is 25.3. The summed E-state index contributed by atoms with van der Waals surface area (Å²) in [5.41, 5.74) is -0.562. The van der Waals surface area contributed by atoms with Gasteiger partial charge >= 0.3 is 29.1 Å². The van der Waals surface area contributed by atoms with Crippen molar-refractivity contribution in [3.05, 3.63) is 12.2 Å². The average molecular weight is 468 g/mol. The normalized spacial score (nSPS) is 15.1. The molecule has 1 atom stereocenters. The zero-order chi connectivity index (χ0) is 24.3. The summed E-state index contributed by atoms with van der Waals surface area (Å²) >= 11 is 0. The predicted octanol–water partition coefficient (Wildman–Crippen LogP) is 2.55. The van der Waals surface area contributed by atoms with Gasteiger partial charge < -0.3 is 18.9 Å². The first kappa shape index (κ1) is 28.2. The molecule has 14 heteroatoms. The van der Waals surface area contributed by atoms with E-state index in [0.29, 0.717) is 4.90 Å². The van der Waals surface area contributed by atoms with Crippen molar-refractivity contribution in [2.75, 3.05) is 6.61 Å². The lowest BCUT2D eigenvalue weighted by Gasteiger charge is -2.40. The Hall–Kier alpha value is -1.80. The monoisotopic (exact) mass is 468 g/mol. The van der Waals surface area contributed by atoms with Crippen molar-refractivity contribution in [3.8, 4) is 0 Å². The van der Waals surface area contributed by atoms with Gasteiger partial charge in [-0.15, -0.1) is 0 Å². The van der Waals surface area contributed by atoms with Crippen molar-refractivity contribution in [2.24, 2.45) is 0 Å². The van der Waals surface area contributed by atoms with E-state index >= 15 is 0 Å². The van der Waals surface area contributed by atoms with Crippen LogP contribution in [0, 0.1) is 0 Å². The first-order valence-electron chi connectivity index (χ1n) is 8.46. The maximum Gasteiger partial charge on any atom is 0.466 e. The quantitative estimate of drug-likeness (QED) is 0.159. The van der Waals surface area contributed by atoms with Gasteiger partial charge in [0.15, 0.2) is 10.1 Å². The van der Waals surface area contributed by atoms with Crippen molar-refractivity contribution in [1.29, 1.82) is 0 Å². The van der Waals surface area contributed by atoms with Gasteiger partial charge in [-0.05, 0) is 34.6 Å². The molecule has 1 amide bonds. The highest BCUT2D eigenvalue weighted by Crippen LogP contribution is 2.39. The molecule has 0 aromatic heterocycles. The number of carbonyl (C=O) groups excluding carboxylic acids is 2. The first-order chi connectivity index (χ1) is 13.2. The van der Waals surface area contributed by atoms with E-state index in [1.54, 1.807) is 0 Å². The molecule has 176 valence electrons. The van der Waals surface area contributed by atoms with Crippen LogP contribution in [0.1, 0.15) is 41.0 Å². The third-order valence-corrected chi connectivity index (χ3v) is 4.59. The van der Waals surface area contributed by atoms with Crippen LogP contribution in [0.2, 0.25) is 0 Å². The standard InChI is InChI=1S/C16H24F5NO7S/c1-9(2)12(23)29-15(16(19,20)21,13(24)22(10(3)4)11(5)6)28-8-7-14(17,18)30(25,26)27/h10-11H,1,7-8H2,2-6H3,(H,25,26,27)/p-1. The maximum atomic E-state index is 13.9. The van der Waals surface area contributed by atoms with E-state index in [2.05, 4.69) is 16.1 Å². The zero-order valence-corrected chi connectivity index (χ0v) is 17.7. The second-order valence-corrected chi connectivity index (χ2v) is 8.38. The van der Waals surface area contributed by atoms with Gasteiger partial charge in [0.25, 0.3) is 0 Å². The van der Waals surface area contributed by atoms with Crippen molar-refractivity contribution >= 4 is 22.0 Å². The third kappa shape index (κ3) is 6.35. The molecule has 0 saturated carbocycles. The second kappa shape index (κ2) is 9.56. The molecular formula is C16H23F5NO7S-. The fraction of sp³-hybridized carbons (Fsp3) is 0.750. The summed E-state index contributed by atoms with van der Waals surface area (Å²) in [6.45, 7) is 7.67. The van der Waals surface area contributed by atoms with Crippen LogP contribution in [0.3, 0.4) is 0 Å². The number of ether oxygens (including phenoxy) is 2. The van der Waals surface area contributed by atoms with Gasteiger partial charge in [0.1, 0.15) is 0 Å². The van der Waals surface area contributed by atoms with Crippen LogP contribution in [0.4, 0.5) is 22.0 Å². The smallest absolute Gasteiger partial charge is 0.466 e. The van der Waals surface area contributed by atoms with E-state index in [0.717, 1.165) is 6.92 Å². The highest BCUT2D eigenvalue weighted by Gasteiger charge is 2.68. The number of carbonyl (C=O) groups is 2. The predicted molar refractivity (Wildman–Crippen MR) is 92.0 cm³/mol. The molecule has 0 N–H and O–H groups in total. The van der Waals surface area contributed by atoms with Crippen LogP contribution in [0.25, 0.3) is 0 Å². The molecule has 0 rings (SSSR count). The Morgan fingerprint density at radius 2 is 1.50 bits per heavy atom. The third-order valence-electron chi connectivity index (χ3n) is 3.65. The maximum absolute atomic E-state index is 13.9. The molecular weight excluding hydrogens is 445 g/mol. The van der Waals surface area contributed by atoms with Gasteiger partial charge in [-0.2, -0.15) is 22.0 Å². The van der Waals surface area contributed by atoms with E-state index in [1.165, 1.54) is 27.7 Å². The van der Waals surface area contributed by atoms with Gasteiger partial charge in [0.05, 0.1) is 6.61 Å². The molecule has 8 nitrogen and oxygen atoms in total. The molecule has 0 spiro atoms. The summed E-state index contributed by atoms with van der Waals surface area (Å²) in [7, 11) is -6.22. The summed E-state index contributed by atoms with van der Waals surface area (Å²) in [5.74, 6) is -8.01. The molecule has 0 aliphatic carbocycles. The molecule has 0 heterocycles. The molecule has 1 unspecified atom stereocenters. The molecule has 0 radical (unpaired) electrons. The van der Waals surface area contributed by atoms with Crippen LogP contribution >= 0.6 is 0 Å². The molecule has 30 heavy (non-hydrogen) atoms. The van der Waals surface area contributed by atoms with Crippen molar-refractivity contribution in [2.45, 2.75) is 70.3 Å². The second-order valence-electron chi connectivity index (χ2n) is 6.87. The Labute approximate surface area is 170 Å². The number of nitrogens with zero attached hydrogens (tertiary/aromatic N) is 1. The summed E-state index contributed by atoms with van der Waals surface area (Å²) in [5, 5.41) is -4.98. The van der Waals surface area contributed by atoms with Crippen molar-refractivity contribution < 1.29 is 54.0 Å². The topological polar surface area (TPSA) is 113 Å². The number of hydrogen-bond donors (Lipinski definition) is 0. The number of hydrogen-bond acceptors (Lipinski definition) is 7. The van der Waals surface area contributed by atoms with Crippen LogP contribution in [0.5, 0.6) is 0 Å². The van der Waals surface area contributed by atoms with Crippen LogP contribution in [-0.4, -0.2) is 65.7 Å². The van der Waals surface area contributed by atoms with Crippen LogP contribution in [0.15, 0.2) is 12.2 Å². The number of rotatable bonds is 10. The lowest BCUT2D eigenvalue weighted by atomic mass is 10.1. The Bertz CT molecular complexity index is 756. The number of esters is 1. The number of halogens is 5. The number of amides is 1. The lowest BCUT2D eigenvalue weighted by molar-refractivity contribution is -0.352.